The summed E-state index contributed by atoms with van der Waals surface area (Å²) in [5.74, 6) is 0.698. The Morgan fingerprint density at radius 3 is 2.89 bits per heavy atom. The fourth-order valence-corrected chi connectivity index (χ4v) is 2.41. The first kappa shape index (κ1) is 12.8. The molecule has 0 atom stereocenters. The van der Waals surface area contributed by atoms with Crippen molar-refractivity contribution in [2.45, 2.75) is 13.1 Å². The molecule has 0 bridgehead atoms. The molecule has 0 aliphatic carbocycles. The minimum atomic E-state index is 0.698. The van der Waals surface area contributed by atoms with Gasteiger partial charge < -0.3 is 15.0 Å². The predicted molar refractivity (Wildman–Crippen MR) is 72.1 cm³/mol. The Kier molecular flexibility index (Phi) is 4.16. The molecule has 0 spiro atoms. The predicted octanol–water partition coefficient (Wildman–Crippen LogP) is 1.23. The highest BCUT2D eigenvalue weighted by Crippen LogP contribution is 2.30. The quantitative estimate of drug-likeness (QED) is 0.824. The van der Waals surface area contributed by atoms with E-state index in [1.807, 2.05) is 31.4 Å². The summed E-state index contributed by atoms with van der Waals surface area (Å²) < 4.78 is 5.28. The third-order valence-electron chi connectivity index (χ3n) is 2.40. The Hall–Kier alpha value is -1.60. The summed E-state index contributed by atoms with van der Waals surface area (Å²) in [7, 11) is 5.59. The van der Waals surface area contributed by atoms with Crippen molar-refractivity contribution < 1.29 is 4.74 Å². The standard InChI is InChI=1S/C11H17N5OS/c1-16(2)11-15-10(17-3)9(18-11)7-12-4-8-5-13-14-6-8/h5-6,12H,4,7H2,1-3H3,(H,13,14). The molecular weight excluding hydrogens is 250 g/mol. The van der Waals surface area contributed by atoms with Crippen LogP contribution in [0.2, 0.25) is 0 Å². The van der Waals surface area contributed by atoms with Gasteiger partial charge in [0.05, 0.1) is 18.2 Å². The smallest absolute Gasteiger partial charge is 0.230 e. The van der Waals surface area contributed by atoms with Crippen LogP contribution in [0.4, 0.5) is 5.13 Å². The lowest BCUT2D eigenvalue weighted by molar-refractivity contribution is 0.394. The zero-order chi connectivity index (χ0) is 13.0. The van der Waals surface area contributed by atoms with E-state index in [0.717, 1.165) is 28.7 Å². The van der Waals surface area contributed by atoms with E-state index < -0.39 is 0 Å². The SMILES string of the molecule is COc1nc(N(C)C)sc1CNCc1cn[nH]c1. The second-order valence-electron chi connectivity index (χ2n) is 4.03. The van der Waals surface area contributed by atoms with Crippen LogP contribution in [-0.4, -0.2) is 36.4 Å². The van der Waals surface area contributed by atoms with Gasteiger partial charge in [0.15, 0.2) is 5.13 Å². The average molecular weight is 267 g/mol. The van der Waals surface area contributed by atoms with Crippen LogP contribution in [0.1, 0.15) is 10.4 Å². The van der Waals surface area contributed by atoms with Gasteiger partial charge in [-0.1, -0.05) is 11.3 Å². The van der Waals surface area contributed by atoms with E-state index in [-0.39, 0.29) is 0 Å². The highest BCUT2D eigenvalue weighted by Gasteiger charge is 2.12. The van der Waals surface area contributed by atoms with Gasteiger partial charge in [0.25, 0.3) is 0 Å². The van der Waals surface area contributed by atoms with Crippen molar-refractivity contribution in [1.29, 1.82) is 0 Å². The van der Waals surface area contributed by atoms with Gasteiger partial charge in [-0.05, 0) is 0 Å². The number of ether oxygens (including phenoxy) is 1. The van der Waals surface area contributed by atoms with E-state index in [2.05, 4.69) is 20.5 Å². The first-order valence-electron chi connectivity index (χ1n) is 5.60. The van der Waals surface area contributed by atoms with Gasteiger partial charge >= 0.3 is 0 Å². The van der Waals surface area contributed by atoms with Crippen molar-refractivity contribution in [2.75, 3.05) is 26.1 Å². The topological polar surface area (TPSA) is 66.1 Å². The molecule has 0 radical (unpaired) electrons. The summed E-state index contributed by atoms with van der Waals surface area (Å²) in [4.78, 5) is 7.49. The molecule has 6 nitrogen and oxygen atoms in total. The molecule has 0 amide bonds. The number of thiazole rings is 1. The molecule has 98 valence electrons. The van der Waals surface area contributed by atoms with Crippen LogP contribution in [0.15, 0.2) is 12.4 Å². The van der Waals surface area contributed by atoms with Gasteiger partial charge in [-0.3, -0.25) is 5.10 Å². The van der Waals surface area contributed by atoms with Crippen LogP contribution in [0.25, 0.3) is 0 Å². The molecule has 2 N–H and O–H groups in total. The maximum Gasteiger partial charge on any atom is 0.230 e. The molecule has 0 aromatic carbocycles. The van der Waals surface area contributed by atoms with Gasteiger partial charge in [-0.15, -0.1) is 0 Å². The number of H-pyrrole nitrogens is 1. The minimum absolute atomic E-state index is 0.698. The highest BCUT2D eigenvalue weighted by atomic mass is 32.1. The number of hydrogen-bond acceptors (Lipinski definition) is 6. The fourth-order valence-electron chi connectivity index (χ4n) is 1.48. The number of nitrogens with one attached hydrogen (secondary N) is 2. The van der Waals surface area contributed by atoms with Crippen molar-refractivity contribution in [3.05, 3.63) is 22.8 Å². The number of anilines is 1. The number of rotatable bonds is 6. The largest absolute Gasteiger partial charge is 0.480 e. The van der Waals surface area contributed by atoms with E-state index in [4.69, 9.17) is 4.74 Å². The van der Waals surface area contributed by atoms with Crippen molar-refractivity contribution in [3.63, 3.8) is 0 Å². The summed E-state index contributed by atoms with van der Waals surface area (Å²) in [6, 6.07) is 0. The van der Waals surface area contributed by atoms with E-state index in [1.165, 1.54) is 0 Å². The first-order valence-corrected chi connectivity index (χ1v) is 6.41. The molecule has 2 rings (SSSR count). The number of aromatic nitrogens is 3. The molecular formula is C11H17N5OS. The van der Waals surface area contributed by atoms with Gasteiger partial charge in [0.1, 0.15) is 0 Å². The fraction of sp³-hybridized carbons (Fsp3) is 0.455. The summed E-state index contributed by atoms with van der Waals surface area (Å²) in [5.41, 5.74) is 1.13. The molecule has 0 aliphatic rings. The molecule has 0 aliphatic heterocycles. The van der Waals surface area contributed by atoms with Gasteiger partial charge in [0, 0.05) is 38.9 Å². The van der Waals surface area contributed by atoms with Crippen LogP contribution in [0, 0.1) is 0 Å². The third-order valence-corrected chi connectivity index (χ3v) is 3.60. The summed E-state index contributed by atoms with van der Waals surface area (Å²) in [6.07, 6.45) is 3.68. The second-order valence-corrected chi connectivity index (χ2v) is 5.10. The van der Waals surface area contributed by atoms with Crippen molar-refractivity contribution in [3.8, 4) is 5.88 Å². The molecule has 0 saturated heterocycles. The molecule has 2 heterocycles. The number of hydrogen-bond donors (Lipinski definition) is 2. The number of methoxy groups -OCH3 is 1. The minimum Gasteiger partial charge on any atom is -0.480 e. The van der Waals surface area contributed by atoms with Crippen LogP contribution in [0.3, 0.4) is 0 Å². The van der Waals surface area contributed by atoms with Crippen LogP contribution >= 0.6 is 11.3 Å². The van der Waals surface area contributed by atoms with Gasteiger partial charge in [-0.25, -0.2) is 0 Å². The van der Waals surface area contributed by atoms with Crippen molar-refractivity contribution >= 4 is 16.5 Å². The Labute approximate surface area is 110 Å². The number of aromatic amines is 1. The summed E-state index contributed by atoms with van der Waals surface area (Å²) in [5, 5.41) is 11.0. The van der Waals surface area contributed by atoms with Gasteiger partial charge in [0.2, 0.25) is 5.88 Å². The van der Waals surface area contributed by atoms with E-state index in [9.17, 15) is 0 Å². The van der Waals surface area contributed by atoms with E-state index >= 15 is 0 Å². The first-order chi connectivity index (χ1) is 8.70. The molecule has 7 heteroatoms. The maximum absolute atomic E-state index is 5.28. The maximum atomic E-state index is 5.28. The lowest BCUT2D eigenvalue weighted by Crippen LogP contribution is -2.11. The molecule has 2 aromatic rings. The summed E-state index contributed by atoms with van der Waals surface area (Å²) in [6.45, 7) is 1.51. The summed E-state index contributed by atoms with van der Waals surface area (Å²) >= 11 is 1.63. The van der Waals surface area contributed by atoms with Crippen LogP contribution < -0.4 is 15.0 Å². The molecule has 18 heavy (non-hydrogen) atoms. The molecule has 0 fully saturated rings. The highest BCUT2D eigenvalue weighted by molar-refractivity contribution is 7.15. The van der Waals surface area contributed by atoms with Gasteiger partial charge in [-0.2, -0.15) is 10.1 Å². The Morgan fingerprint density at radius 2 is 2.28 bits per heavy atom. The Balaban J connectivity index is 1.95. The lowest BCUT2D eigenvalue weighted by Gasteiger charge is -2.04. The van der Waals surface area contributed by atoms with Crippen molar-refractivity contribution in [1.82, 2.24) is 20.5 Å². The lowest BCUT2D eigenvalue weighted by atomic mass is 10.3. The number of nitrogens with zero attached hydrogens (tertiary/aromatic N) is 3. The zero-order valence-electron chi connectivity index (χ0n) is 10.7. The molecule has 0 saturated carbocycles. The van der Waals surface area contributed by atoms with Crippen molar-refractivity contribution in [2.24, 2.45) is 0 Å². The molecule has 0 unspecified atom stereocenters. The van der Waals surface area contributed by atoms with E-state index in [0.29, 0.717) is 5.88 Å². The normalized spacial score (nSPS) is 10.6. The van der Waals surface area contributed by atoms with Crippen LogP contribution in [0.5, 0.6) is 5.88 Å². The average Bonchev–Trinajstić information content (AvgIpc) is 2.97. The van der Waals surface area contributed by atoms with E-state index in [1.54, 1.807) is 18.4 Å². The monoisotopic (exact) mass is 267 g/mol. The second kappa shape index (κ2) is 5.83. The molecule has 2 aromatic heterocycles. The Morgan fingerprint density at radius 1 is 1.44 bits per heavy atom. The Bertz CT molecular complexity index is 480. The zero-order valence-corrected chi connectivity index (χ0v) is 11.5. The third kappa shape index (κ3) is 2.99. The van der Waals surface area contributed by atoms with Crippen LogP contribution in [-0.2, 0) is 13.1 Å².